The number of nitrogens with zero attached hydrogens (tertiary/aromatic N) is 5. The summed E-state index contributed by atoms with van der Waals surface area (Å²) >= 11 is 0. The van der Waals surface area contributed by atoms with Gasteiger partial charge in [0.25, 0.3) is 5.56 Å². The summed E-state index contributed by atoms with van der Waals surface area (Å²) in [6.45, 7) is 4.10. The summed E-state index contributed by atoms with van der Waals surface area (Å²) < 4.78 is 7.22. The van der Waals surface area contributed by atoms with Crippen LogP contribution in [-0.2, 0) is 6.54 Å². The first kappa shape index (κ1) is 19.3. The molecule has 8 heteroatoms. The molecule has 0 bridgehead atoms. The van der Waals surface area contributed by atoms with E-state index >= 15 is 0 Å². The summed E-state index contributed by atoms with van der Waals surface area (Å²) in [5.41, 5.74) is 2.42. The van der Waals surface area contributed by atoms with Crippen molar-refractivity contribution >= 4 is 16.7 Å². The van der Waals surface area contributed by atoms with Gasteiger partial charge in [0, 0.05) is 26.2 Å². The van der Waals surface area contributed by atoms with Crippen LogP contribution in [0, 0.1) is 0 Å². The van der Waals surface area contributed by atoms with Crippen LogP contribution in [-0.4, -0.2) is 57.9 Å². The standard InChI is InChI=1S/C23H24N6O2/c1-31-20-10-6-5-9-19(20)28-13-11-27(12-14-28)16-21-25-22-18(23(30)26-21)15-24-29(22)17-7-3-2-4-8-17/h2-10,15H,11-14,16H2,1H3,(H,25,26,30). The zero-order valence-electron chi connectivity index (χ0n) is 17.4. The molecule has 2 aromatic heterocycles. The predicted octanol–water partition coefficient (Wildman–Crippen LogP) is 2.44. The number of aromatic nitrogens is 4. The predicted molar refractivity (Wildman–Crippen MR) is 120 cm³/mol. The lowest BCUT2D eigenvalue weighted by molar-refractivity contribution is 0.243. The van der Waals surface area contributed by atoms with Crippen molar-refractivity contribution in [1.82, 2.24) is 24.6 Å². The first-order valence-corrected chi connectivity index (χ1v) is 10.4. The van der Waals surface area contributed by atoms with E-state index in [4.69, 9.17) is 9.72 Å². The number of rotatable bonds is 5. The number of hydrogen-bond donors (Lipinski definition) is 1. The molecular formula is C23H24N6O2. The molecule has 31 heavy (non-hydrogen) atoms. The fourth-order valence-corrected chi connectivity index (χ4v) is 4.05. The van der Waals surface area contributed by atoms with Crippen LogP contribution in [0.3, 0.4) is 0 Å². The van der Waals surface area contributed by atoms with Crippen molar-refractivity contribution in [3.8, 4) is 11.4 Å². The van der Waals surface area contributed by atoms with E-state index in [1.54, 1.807) is 18.0 Å². The molecule has 0 aliphatic carbocycles. The molecule has 3 heterocycles. The molecule has 0 saturated carbocycles. The lowest BCUT2D eigenvalue weighted by Gasteiger charge is -2.36. The smallest absolute Gasteiger partial charge is 0.262 e. The van der Waals surface area contributed by atoms with Gasteiger partial charge in [-0.2, -0.15) is 5.10 Å². The summed E-state index contributed by atoms with van der Waals surface area (Å²) in [5, 5.41) is 4.87. The third kappa shape index (κ3) is 3.77. The third-order valence-electron chi connectivity index (χ3n) is 5.66. The lowest BCUT2D eigenvalue weighted by Crippen LogP contribution is -2.46. The maximum atomic E-state index is 12.6. The number of nitrogens with one attached hydrogen (secondary N) is 1. The topological polar surface area (TPSA) is 79.3 Å². The van der Waals surface area contributed by atoms with Gasteiger partial charge in [0.05, 0.1) is 31.2 Å². The lowest BCUT2D eigenvalue weighted by atomic mass is 10.2. The Morgan fingerprint density at radius 1 is 1.00 bits per heavy atom. The van der Waals surface area contributed by atoms with E-state index in [1.165, 1.54) is 0 Å². The van der Waals surface area contributed by atoms with E-state index in [-0.39, 0.29) is 5.56 Å². The van der Waals surface area contributed by atoms with Crippen molar-refractivity contribution in [3.05, 3.63) is 77.0 Å². The number of fused-ring (bicyclic) bond motifs is 1. The first-order chi connectivity index (χ1) is 15.2. The summed E-state index contributed by atoms with van der Waals surface area (Å²) in [4.78, 5) is 24.9. The number of para-hydroxylation sites is 3. The van der Waals surface area contributed by atoms with Gasteiger partial charge in [-0.05, 0) is 24.3 Å². The second-order valence-corrected chi connectivity index (χ2v) is 7.58. The number of benzene rings is 2. The Bertz CT molecular complexity index is 1240. The molecule has 1 aliphatic rings. The van der Waals surface area contributed by atoms with E-state index in [0.717, 1.165) is 43.3 Å². The minimum atomic E-state index is -0.158. The van der Waals surface area contributed by atoms with Crippen LogP contribution in [0.25, 0.3) is 16.7 Å². The molecule has 0 unspecified atom stereocenters. The summed E-state index contributed by atoms with van der Waals surface area (Å²) in [5.74, 6) is 1.54. The highest BCUT2D eigenvalue weighted by atomic mass is 16.5. The normalized spacial score (nSPS) is 14.8. The van der Waals surface area contributed by atoms with Crippen LogP contribution >= 0.6 is 0 Å². The number of hydrogen-bond acceptors (Lipinski definition) is 6. The second-order valence-electron chi connectivity index (χ2n) is 7.58. The van der Waals surface area contributed by atoms with Gasteiger partial charge in [0.1, 0.15) is 17.0 Å². The Balaban J connectivity index is 1.34. The van der Waals surface area contributed by atoms with Gasteiger partial charge in [-0.1, -0.05) is 30.3 Å². The van der Waals surface area contributed by atoms with E-state index < -0.39 is 0 Å². The largest absolute Gasteiger partial charge is 0.495 e. The molecule has 0 atom stereocenters. The van der Waals surface area contributed by atoms with Gasteiger partial charge in [-0.15, -0.1) is 0 Å². The highest BCUT2D eigenvalue weighted by Gasteiger charge is 2.21. The van der Waals surface area contributed by atoms with E-state index in [2.05, 4.69) is 25.9 Å². The average Bonchev–Trinajstić information content (AvgIpc) is 3.25. The Kier molecular flexibility index (Phi) is 5.13. The molecule has 0 amide bonds. The van der Waals surface area contributed by atoms with Crippen LogP contribution in [0.5, 0.6) is 5.75 Å². The maximum Gasteiger partial charge on any atom is 0.262 e. The molecule has 158 valence electrons. The molecule has 1 aliphatic heterocycles. The molecule has 0 radical (unpaired) electrons. The van der Waals surface area contributed by atoms with Crippen LogP contribution in [0.4, 0.5) is 5.69 Å². The highest BCUT2D eigenvalue weighted by molar-refractivity contribution is 5.75. The van der Waals surface area contributed by atoms with Gasteiger partial charge in [-0.25, -0.2) is 9.67 Å². The molecule has 8 nitrogen and oxygen atoms in total. The summed E-state index contributed by atoms with van der Waals surface area (Å²) in [7, 11) is 1.70. The van der Waals surface area contributed by atoms with Crippen molar-refractivity contribution < 1.29 is 4.74 Å². The fourth-order valence-electron chi connectivity index (χ4n) is 4.05. The maximum absolute atomic E-state index is 12.6. The average molecular weight is 416 g/mol. The van der Waals surface area contributed by atoms with Gasteiger partial charge in [0.15, 0.2) is 5.65 Å². The summed E-state index contributed by atoms with van der Waals surface area (Å²) in [6, 6.07) is 17.8. The van der Waals surface area contributed by atoms with E-state index in [0.29, 0.717) is 23.4 Å². The van der Waals surface area contributed by atoms with Gasteiger partial charge >= 0.3 is 0 Å². The minimum absolute atomic E-state index is 0.158. The van der Waals surface area contributed by atoms with Crippen LogP contribution < -0.4 is 15.2 Å². The van der Waals surface area contributed by atoms with Crippen LogP contribution in [0.1, 0.15) is 5.82 Å². The Hall–Kier alpha value is -3.65. The SMILES string of the molecule is COc1ccccc1N1CCN(Cc2nc3c(cnn3-c3ccccc3)c(=O)[nH]2)CC1. The number of piperazine rings is 1. The number of H-pyrrole nitrogens is 1. The first-order valence-electron chi connectivity index (χ1n) is 10.4. The Morgan fingerprint density at radius 3 is 2.52 bits per heavy atom. The molecule has 1 fully saturated rings. The molecule has 1 N–H and O–H groups in total. The van der Waals surface area contributed by atoms with Crippen molar-refractivity contribution in [2.24, 2.45) is 0 Å². The zero-order valence-corrected chi connectivity index (χ0v) is 17.4. The van der Waals surface area contributed by atoms with E-state index in [1.807, 2.05) is 48.5 Å². The third-order valence-corrected chi connectivity index (χ3v) is 5.66. The molecule has 4 aromatic rings. The van der Waals surface area contributed by atoms with Gasteiger partial charge in [0.2, 0.25) is 0 Å². The Labute approximate surface area is 179 Å². The zero-order chi connectivity index (χ0) is 21.2. The van der Waals surface area contributed by atoms with Crippen molar-refractivity contribution in [2.75, 3.05) is 38.2 Å². The number of ether oxygens (including phenoxy) is 1. The molecule has 0 spiro atoms. The van der Waals surface area contributed by atoms with Gasteiger partial charge < -0.3 is 14.6 Å². The van der Waals surface area contributed by atoms with Crippen LogP contribution in [0.2, 0.25) is 0 Å². The minimum Gasteiger partial charge on any atom is -0.495 e. The van der Waals surface area contributed by atoms with E-state index in [9.17, 15) is 4.79 Å². The van der Waals surface area contributed by atoms with Crippen molar-refractivity contribution in [1.29, 1.82) is 0 Å². The number of aromatic amines is 1. The highest BCUT2D eigenvalue weighted by Crippen LogP contribution is 2.28. The number of methoxy groups -OCH3 is 1. The molecule has 5 rings (SSSR count). The second kappa shape index (κ2) is 8.23. The molecular weight excluding hydrogens is 392 g/mol. The quantitative estimate of drug-likeness (QED) is 0.538. The van der Waals surface area contributed by atoms with Crippen molar-refractivity contribution in [2.45, 2.75) is 6.54 Å². The summed E-state index contributed by atoms with van der Waals surface area (Å²) in [6.07, 6.45) is 1.57. The monoisotopic (exact) mass is 416 g/mol. The van der Waals surface area contributed by atoms with Crippen LogP contribution in [0.15, 0.2) is 65.6 Å². The molecule has 2 aromatic carbocycles. The van der Waals surface area contributed by atoms with Gasteiger partial charge in [-0.3, -0.25) is 9.69 Å². The number of anilines is 1. The molecule has 1 saturated heterocycles. The fraction of sp³-hybridized carbons (Fsp3) is 0.261. The van der Waals surface area contributed by atoms with Crippen molar-refractivity contribution in [3.63, 3.8) is 0 Å². The Morgan fingerprint density at radius 2 is 1.74 bits per heavy atom.